The molecule has 102 valence electrons. The standard InChI is InChI=1S/C13H17N3O3/c1-9-7-16(8-10(2)19-9)13(18)12(17)15-11-4-3-5-14-6-11/h3-6,9-10H,7-8H2,1-2H3,(H,15,17)/t9-,10+. The van der Waals surface area contributed by atoms with Gasteiger partial charge in [-0.15, -0.1) is 0 Å². The van der Waals surface area contributed by atoms with Gasteiger partial charge in [-0.05, 0) is 26.0 Å². The summed E-state index contributed by atoms with van der Waals surface area (Å²) in [6, 6.07) is 3.38. The van der Waals surface area contributed by atoms with Crippen LogP contribution in [0.5, 0.6) is 0 Å². The molecule has 2 atom stereocenters. The molecule has 2 rings (SSSR count). The Morgan fingerprint density at radius 3 is 2.63 bits per heavy atom. The maximum Gasteiger partial charge on any atom is 0.313 e. The van der Waals surface area contributed by atoms with E-state index in [-0.39, 0.29) is 12.2 Å². The van der Waals surface area contributed by atoms with Crippen LogP contribution in [0.3, 0.4) is 0 Å². The predicted molar refractivity (Wildman–Crippen MR) is 69.5 cm³/mol. The molecule has 0 spiro atoms. The van der Waals surface area contributed by atoms with Gasteiger partial charge in [0.15, 0.2) is 0 Å². The molecule has 19 heavy (non-hydrogen) atoms. The van der Waals surface area contributed by atoms with E-state index in [1.807, 2.05) is 13.8 Å². The Kier molecular flexibility index (Phi) is 4.11. The highest BCUT2D eigenvalue weighted by molar-refractivity contribution is 6.39. The number of carbonyl (C=O) groups is 2. The minimum absolute atomic E-state index is 0.0566. The number of nitrogens with one attached hydrogen (secondary N) is 1. The van der Waals surface area contributed by atoms with E-state index < -0.39 is 11.8 Å². The number of aromatic nitrogens is 1. The number of amides is 2. The highest BCUT2D eigenvalue weighted by Gasteiger charge is 2.29. The summed E-state index contributed by atoms with van der Waals surface area (Å²) < 4.78 is 5.53. The molecule has 1 aromatic heterocycles. The first-order valence-corrected chi connectivity index (χ1v) is 6.22. The first-order chi connectivity index (χ1) is 9.06. The number of carbonyl (C=O) groups excluding carboxylic acids is 2. The largest absolute Gasteiger partial charge is 0.372 e. The van der Waals surface area contributed by atoms with Crippen LogP contribution in [0.4, 0.5) is 5.69 Å². The van der Waals surface area contributed by atoms with Crippen molar-refractivity contribution in [1.82, 2.24) is 9.88 Å². The lowest BCUT2D eigenvalue weighted by atomic mass is 10.2. The molecular formula is C13H17N3O3. The van der Waals surface area contributed by atoms with Crippen molar-refractivity contribution >= 4 is 17.5 Å². The molecule has 1 aliphatic rings. The van der Waals surface area contributed by atoms with Crippen LogP contribution in [0.1, 0.15) is 13.8 Å². The second kappa shape index (κ2) is 5.79. The molecule has 1 aliphatic heterocycles. The zero-order chi connectivity index (χ0) is 13.8. The van der Waals surface area contributed by atoms with E-state index in [4.69, 9.17) is 4.74 Å². The lowest BCUT2D eigenvalue weighted by Gasteiger charge is -2.34. The van der Waals surface area contributed by atoms with Crippen LogP contribution in [-0.4, -0.2) is 47.0 Å². The number of ether oxygens (including phenoxy) is 1. The molecule has 0 saturated carbocycles. The molecule has 1 fully saturated rings. The summed E-state index contributed by atoms with van der Waals surface area (Å²) in [5.41, 5.74) is 0.509. The molecule has 0 aliphatic carbocycles. The van der Waals surface area contributed by atoms with Gasteiger partial charge in [0.2, 0.25) is 0 Å². The van der Waals surface area contributed by atoms with Gasteiger partial charge in [-0.2, -0.15) is 0 Å². The van der Waals surface area contributed by atoms with Gasteiger partial charge >= 0.3 is 11.8 Å². The van der Waals surface area contributed by atoms with Gasteiger partial charge < -0.3 is 15.0 Å². The molecule has 0 aromatic carbocycles. The van der Waals surface area contributed by atoms with Gasteiger partial charge in [-0.3, -0.25) is 14.6 Å². The maximum absolute atomic E-state index is 12.0. The lowest BCUT2D eigenvalue weighted by Crippen LogP contribution is -2.51. The van der Waals surface area contributed by atoms with Crippen molar-refractivity contribution in [3.8, 4) is 0 Å². The smallest absolute Gasteiger partial charge is 0.313 e. The Balaban J connectivity index is 1.97. The van der Waals surface area contributed by atoms with Gasteiger partial charge in [0, 0.05) is 19.3 Å². The number of rotatable bonds is 1. The SMILES string of the molecule is C[C@@H]1CN(C(=O)C(=O)Nc2cccnc2)C[C@H](C)O1. The third kappa shape index (κ3) is 3.51. The summed E-state index contributed by atoms with van der Waals surface area (Å²) in [5.74, 6) is -1.18. The zero-order valence-corrected chi connectivity index (χ0v) is 11.0. The summed E-state index contributed by atoms with van der Waals surface area (Å²) in [5, 5.41) is 2.54. The minimum atomic E-state index is -0.644. The van der Waals surface area contributed by atoms with Crippen LogP contribution in [0.2, 0.25) is 0 Å². The number of hydrogen-bond donors (Lipinski definition) is 1. The molecule has 2 amide bonds. The van der Waals surface area contributed by atoms with Crippen molar-refractivity contribution in [3.63, 3.8) is 0 Å². The van der Waals surface area contributed by atoms with Crippen molar-refractivity contribution in [2.24, 2.45) is 0 Å². The van der Waals surface area contributed by atoms with E-state index in [2.05, 4.69) is 10.3 Å². The topological polar surface area (TPSA) is 71.5 Å². The number of anilines is 1. The average Bonchev–Trinajstić information content (AvgIpc) is 2.37. The third-order valence-corrected chi connectivity index (χ3v) is 2.82. The quantitative estimate of drug-likeness (QED) is 0.755. The van der Waals surface area contributed by atoms with Gasteiger partial charge in [-0.25, -0.2) is 0 Å². The Morgan fingerprint density at radius 1 is 1.37 bits per heavy atom. The minimum Gasteiger partial charge on any atom is -0.372 e. The van der Waals surface area contributed by atoms with Crippen molar-refractivity contribution in [2.45, 2.75) is 26.1 Å². The maximum atomic E-state index is 12.0. The van der Waals surface area contributed by atoms with E-state index in [0.29, 0.717) is 18.8 Å². The number of hydrogen-bond acceptors (Lipinski definition) is 4. The van der Waals surface area contributed by atoms with Gasteiger partial charge in [-0.1, -0.05) is 0 Å². The molecule has 1 N–H and O–H groups in total. The Labute approximate surface area is 111 Å². The summed E-state index contributed by atoms with van der Waals surface area (Å²) in [7, 11) is 0. The highest BCUT2D eigenvalue weighted by atomic mass is 16.5. The zero-order valence-electron chi connectivity index (χ0n) is 11.0. The molecule has 0 radical (unpaired) electrons. The van der Waals surface area contributed by atoms with Crippen molar-refractivity contribution < 1.29 is 14.3 Å². The molecule has 6 heteroatoms. The molecule has 6 nitrogen and oxygen atoms in total. The van der Waals surface area contributed by atoms with Gasteiger partial charge in [0.1, 0.15) is 0 Å². The Bertz CT molecular complexity index is 453. The summed E-state index contributed by atoms with van der Waals surface area (Å²) >= 11 is 0. The predicted octanol–water partition coefficient (Wildman–Crippen LogP) is 0.656. The molecular weight excluding hydrogens is 246 g/mol. The summed E-state index contributed by atoms with van der Waals surface area (Å²) in [4.78, 5) is 29.3. The van der Waals surface area contributed by atoms with Crippen molar-refractivity contribution in [3.05, 3.63) is 24.5 Å². The van der Waals surface area contributed by atoms with Crippen molar-refractivity contribution in [2.75, 3.05) is 18.4 Å². The fourth-order valence-corrected chi connectivity index (χ4v) is 2.11. The van der Waals surface area contributed by atoms with Gasteiger partial charge in [0.25, 0.3) is 0 Å². The summed E-state index contributed by atoms with van der Waals surface area (Å²) in [6.45, 7) is 4.64. The van der Waals surface area contributed by atoms with E-state index in [9.17, 15) is 9.59 Å². The molecule has 2 heterocycles. The van der Waals surface area contributed by atoms with E-state index in [1.165, 1.54) is 11.1 Å². The third-order valence-electron chi connectivity index (χ3n) is 2.82. The monoisotopic (exact) mass is 263 g/mol. The summed E-state index contributed by atoms with van der Waals surface area (Å²) in [6.07, 6.45) is 2.98. The Hall–Kier alpha value is -1.95. The highest BCUT2D eigenvalue weighted by Crippen LogP contribution is 2.11. The molecule has 0 bridgehead atoms. The van der Waals surface area contributed by atoms with E-state index >= 15 is 0 Å². The van der Waals surface area contributed by atoms with E-state index in [1.54, 1.807) is 18.3 Å². The van der Waals surface area contributed by atoms with E-state index in [0.717, 1.165) is 0 Å². The average molecular weight is 263 g/mol. The van der Waals surface area contributed by atoms with Crippen LogP contribution in [0, 0.1) is 0 Å². The van der Waals surface area contributed by atoms with Crippen LogP contribution in [-0.2, 0) is 14.3 Å². The lowest BCUT2D eigenvalue weighted by molar-refractivity contribution is -0.151. The molecule has 1 saturated heterocycles. The molecule has 1 aromatic rings. The fourth-order valence-electron chi connectivity index (χ4n) is 2.11. The Morgan fingerprint density at radius 2 is 2.05 bits per heavy atom. The first-order valence-electron chi connectivity index (χ1n) is 6.22. The van der Waals surface area contributed by atoms with Gasteiger partial charge in [0.05, 0.1) is 24.1 Å². The molecule has 0 unspecified atom stereocenters. The number of morpholine rings is 1. The second-order valence-corrected chi connectivity index (χ2v) is 4.66. The fraction of sp³-hybridized carbons (Fsp3) is 0.462. The second-order valence-electron chi connectivity index (χ2n) is 4.66. The van der Waals surface area contributed by atoms with Crippen LogP contribution in [0.15, 0.2) is 24.5 Å². The number of pyridine rings is 1. The van der Waals surface area contributed by atoms with Crippen LogP contribution >= 0.6 is 0 Å². The first kappa shape index (κ1) is 13.5. The van der Waals surface area contributed by atoms with Crippen LogP contribution in [0.25, 0.3) is 0 Å². The normalized spacial score (nSPS) is 22.9. The van der Waals surface area contributed by atoms with Crippen LogP contribution < -0.4 is 5.32 Å². The van der Waals surface area contributed by atoms with Crippen molar-refractivity contribution in [1.29, 1.82) is 0 Å². The number of nitrogens with zero attached hydrogens (tertiary/aromatic N) is 2.